The van der Waals surface area contributed by atoms with Crippen LogP contribution in [0.3, 0.4) is 0 Å². The summed E-state index contributed by atoms with van der Waals surface area (Å²) in [4.78, 5) is 34.3. The number of thioether (sulfide) groups is 1. The molecule has 1 fully saturated rings. The minimum Gasteiger partial charge on any atom is -0.342 e. The second-order valence-electron chi connectivity index (χ2n) is 7.86. The van der Waals surface area contributed by atoms with E-state index in [4.69, 9.17) is 4.98 Å². The minimum atomic E-state index is -0.319. The SMILES string of the molecule is C[C@H](Sc1nc2scc(-c3ccccc3)c2c(=O)n1-c1ccccc1)C(=O)N1CCCC1. The molecule has 32 heavy (non-hydrogen) atoms. The Balaban J connectivity index is 1.64. The highest BCUT2D eigenvalue weighted by Crippen LogP contribution is 2.34. The molecule has 1 aliphatic rings. The molecule has 1 saturated heterocycles. The molecule has 1 amide bonds. The van der Waals surface area contributed by atoms with Gasteiger partial charge < -0.3 is 4.90 Å². The van der Waals surface area contributed by atoms with Crippen LogP contribution in [0.1, 0.15) is 19.8 Å². The Hall–Kier alpha value is -2.90. The molecule has 0 spiro atoms. The summed E-state index contributed by atoms with van der Waals surface area (Å²) in [6.45, 7) is 3.53. The van der Waals surface area contributed by atoms with Gasteiger partial charge in [0.2, 0.25) is 5.91 Å². The molecule has 1 atom stereocenters. The predicted octanol–water partition coefficient (Wildman–Crippen LogP) is 5.22. The van der Waals surface area contributed by atoms with Gasteiger partial charge in [-0.25, -0.2) is 4.98 Å². The average molecular weight is 462 g/mol. The molecule has 4 aromatic rings. The Morgan fingerprint density at radius 3 is 2.38 bits per heavy atom. The van der Waals surface area contributed by atoms with Crippen molar-refractivity contribution < 1.29 is 4.79 Å². The number of carbonyl (C=O) groups excluding carboxylic acids is 1. The topological polar surface area (TPSA) is 55.2 Å². The van der Waals surface area contributed by atoms with E-state index in [0.717, 1.165) is 42.7 Å². The zero-order valence-electron chi connectivity index (χ0n) is 17.7. The van der Waals surface area contributed by atoms with Crippen molar-refractivity contribution >= 4 is 39.2 Å². The second kappa shape index (κ2) is 8.92. The molecule has 2 aromatic carbocycles. The van der Waals surface area contributed by atoms with Gasteiger partial charge in [0.15, 0.2) is 5.16 Å². The van der Waals surface area contributed by atoms with Crippen LogP contribution in [0.25, 0.3) is 27.0 Å². The van der Waals surface area contributed by atoms with E-state index in [1.54, 1.807) is 4.57 Å². The molecule has 2 aromatic heterocycles. The van der Waals surface area contributed by atoms with Gasteiger partial charge in [0, 0.05) is 24.0 Å². The van der Waals surface area contributed by atoms with Crippen LogP contribution >= 0.6 is 23.1 Å². The molecular weight excluding hydrogens is 438 g/mol. The number of aromatic nitrogens is 2. The molecule has 3 heterocycles. The molecule has 162 valence electrons. The molecule has 1 aliphatic heterocycles. The maximum absolute atomic E-state index is 13.8. The van der Waals surface area contributed by atoms with Gasteiger partial charge in [0.25, 0.3) is 5.56 Å². The van der Waals surface area contributed by atoms with E-state index in [2.05, 4.69) is 0 Å². The fourth-order valence-electron chi connectivity index (χ4n) is 4.09. The number of hydrogen-bond acceptors (Lipinski definition) is 5. The third-order valence-electron chi connectivity index (χ3n) is 5.72. The molecule has 0 bridgehead atoms. The van der Waals surface area contributed by atoms with Crippen LogP contribution in [0.4, 0.5) is 0 Å². The van der Waals surface area contributed by atoms with Crippen LogP contribution < -0.4 is 5.56 Å². The van der Waals surface area contributed by atoms with Crippen LogP contribution in [-0.2, 0) is 4.79 Å². The van der Waals surface area contributed by atoms with Crippen molar-refractivity contribution in [2.75, 3.05) is 13.1 Å². The van der Waals surface area contributed by atoms with E-state index < -0.39 is 0 Å². The van der Waals surface area contributed by atoms with E-state index in [0.29, 0.717) is 15.4 Å². The molecule has 0 radical (unpaired) electrons. The van der Waals surface area contributed by atoms with E-state index in [1.165, 1.54) is 23.1 Å². The van der Waals surface area contributed by atoms with Crippen LogP contribution in [0.2, 0.25) is 0 Å². The Morgan fingerprint density at radius 1 is 1.03 bits per heavy atom. The summed E-state index contributed by atoms with van der Waals surface area (Å²) in [5.41, 5.74) is 2.53. The smallest absolute Gasteiger partial charge is 0.268 e. The van der Waals surface area contributed by atoms with Gasteiger partial charge in [0.05, 0.1) is 16.3 Å². The summed E-state index contributed by atoms with van der Waals surface area (Å²) in [6, 6.07) is 19.5. The Bertz CT molecular complexity index is 1310. The number of nitrogens with zero attached hydrogens (tertiary/aromatic N) is 3. The minimum absolute atomic E-state index is 0.107. The first-order valence-corrected chi connectivity index (χ1v) is 12.5. The highest BCUT2D eigenvalue weighted by Gasteiger charge is 2.27. The van der Waals surface area contributed by atoms with Crippen LogP contribution in [0.15, 0.2) is 76.0 Å². The first-order valence-electron chi connectivity index (χ1n) is 10.7. The third kappa shape index (κ3) is 3.87. The third-order valence-corrected chi connectivity index (χ3v) is 7.64. The standard InChI is InChI=1S/C25H23N3O2S2/c1-17(23(29)27-14-8-9-15-27)32-25-26-22-21(20(16-31-22)18-10-4-2-5-11-18)24(30)28(25)19-12-6-3-7-13-19/h2-7,10-13,16-17H,8-9,14-15H2,1H3/t17-/m0/s1. The summed E-state index contributed by atoms with van der Waals surface area (Å²) in [7, 11) is 0. The molecule has 0 saturated carbocycles. The summed E-state index contributed by atoms with van der Waals surface area (Å²) in [6.07, 6.45) is 2.11. The van der Waals surface area contributed by atoms with E-state index in [1.807, 2.05) is 77.9 Å². The zero-order valence-corrected chi connectivity index (χ0v) is 19.4. The molecule has 5 nitrogen and oxygen atoms in total. The lowest BCUT2D eigenvalue weighted by Crippen LogP contribution is -2.34. The Morgan fingerprint density at radius 2 is 1.69 bits per heavy atom. The van der Waals surface area contributed by atoms with Gasteiger partial charge in [-0.3, -0.25) is 14.2 Å². The Kier molecular flexibility index (Phi) is 5.85. The summed E-state index contributed by atoms with van der Waals surface area (Å²) < 4.78 is 1.65. The average Bonchev–Trinajstić information content (AvgIpc) is 3.50. The van der Waals surface area contributed by atoms with Gasteiger partial charge in [-0.05, 0) is 37.5 Å². The van der Waals surface area contributed by atoms with Gasteiger partial charge in [0.1, 0.15) is 4.83 Å². The lowest BCUT2D eigenvalue weighted by Gasteiger charge is -2.21. The number of hydrogen-bond donors (Lipinski definition) is 0. The summed E-state index contributed by atoms with van der Waals surface area (Å²) in [5, 5.41) is 2.85. The van der Waals surface area contributed by atoms with Crippen molar-refractivity contribution in [2.24, 2.45) is 0 Å². The lowest BCUT2D eigenvalue weighted by molar-refractivity contribution is -0.129. The quantitative estimate of drug-likeness (QED) is 0.302. The van der Waals surface area contributed by atoms with Crippen molar-refractivity contribution in [2.45, 2.75) is 30.2 Å². The van der Waals surface area contributed by atoms with Gasteiger partial charge in [-0.15, -0.1) is 11.3 Å². The number of rotatable bonds is 5. The largest absolute Gasteiger partial charge is 0.342 e. The van der Waals surface area contributed by atoms with Gasteiger partial charge >= 0.3 is 0 Å². The summed E-state index contributed by atoms with van der Waals surface area (Å²) in [5.74, 6) is 0.109. The fraction of sp³-hybridized carbons (Fsp3) is 0.240. The van der Waals surface area contributed by atoms with E-state index in [9.17, 15) is 9.59 Å². The number of para-hydroxylation sites is 1. The first-order chi connectivity index (χ1) is 15.6. The molecule has 7 heteroatoms. The van der Waals surface area contributed by atoms with E-state index >= 15 is 0 Å². The lowest BCUT2D eigenvalue weighted by atomic mass is 10.1. The van der Waals surface area contributed by atoms with Crippen molar-refractivity contribution in [3.05, 3.63) is 76.4 Å². The number of fused-ring (bicyclic) bond motifs is 1. The molecule has 0 unspecified atom stereocenters. The predicted molar refractivity (Wildman–Crippen MR) is 132 cm³/mol. The second-order valence-corrected chi connectivity index (χ2v) is 10.0. The number of amides is 1. The van der Waals surface area contributed by atoms with Gasteiger partial charge in [-0.1, -0.05) is 60.3 Å². The first kappa shape index (κ1) is 21.0. The monoisotopic (exact) mass is 461 g/mol. The molecule has 5 rings (SSSR count). The zero-order chi connectivity index (χ0) is 22.1. The fourth-order valence-corrected chi connectivity index (χ4v) is 6.09. The van der Waals surface area contributed by atoms with Crippen molar-refractivity contribution in [1.29, 1.82) is 0 Å². The maximum atomic E-state index is 13.8. The van der Waals surface area contributed by atoms with Crippen LogP contribution in [0, 0.1) is 0 Å². The van der Waals surface area contributed by atoms with Crippen molar-refractivity contribution in [1.82, 2.24) is 14.5 Å². The number of benzene rings is 2. The number of thiophene rings is 1. The van der Waals surface area contributed by atoms with E-state index in [-0.39, 0.29) is 16.7 Å². The number of likely N-dealkylation sites (tertiary alicyclic amines) is 1. The summed E-state index contributed by atoms with van der Waals surface area (Å²) >= 11 is 2.83. The maximum Gasteiger partial charge on any atom is 0.268 e. The Labute approximate surface area is 194 Å². The van der Waals surface area contributed by atoms with Crippen molar-refractivity contribution in [3.8, 4) is 16.8 Å². The molecule has 0 aliphatic carbocycles. The molecular formula is C25H23N3O2S2. The van der Waals surface area contributed by atoms with Gasteiger partial charge in [-0.2, -0.15) is 0 Å². The van der Waals surface area contributed by atoms with Crippen LogP contribution in [0.5, 0.6) is 0 Å². The van der Waals surface area contributed by atoms with Crippen LogP contribution in [-0.4, -0.2) is 38.7 Å². The molecule has 0 N–H and O–H groups in total. The van der Waals surface area contributed by atoms with Crippen molar-refractivity contribution in [3.63, 3.8) is 0 Å². The highest BCUT2D eigenvalue weighted by molar-refractivity contribution is 8.00. The normalized spacial score (nSPS) is 14.7. The highest BCUT2D eigenvalue weighted by atomic mass is 32.2. The number of carbonyl (C=O) groups is 1.